The molecule has 6 saturated carbocycles. The van der Waals surface area contributed by atoms with Crippen LogP contribution in [0.25, 0.3) is 0 Å². The van der Waals surface area contributed by atoms with E-state index in [2.05, 4.69) is 83.1 Å². The fourth-order valence-electron chi connectivity index (χ4n) is 15.1. The predicted octanol–water partition coefficient (Wildman–Crippen LogP) is 27.1. The monoisotopic (exact) mass is 1240 g/mol. The molecule has 0 aromatic carbocycles. The van der Waals surface area contributed by atoms with Gasteiger partial charge in [-0.1, -0.05) is 355 Å². The van der Waals surface area contributed by atoms with E-state index in [9.17, 15) is 0 Å². The first-order valence-electron chi connectivity index (χ1n) is 37.8. The Bertz CT molecular complexity index is 1170. The molecular weight excluding hydrogens is 1090 g/mol. The molecule has 6 aliphatic carbocycles. The van der Waals surface area contributed by atoms with E-state index in [0.717, 1.165) is 47.3 Å². The first-order chi connectivity index (χ1) is 39.6. The van der Waals surface area contributed by atoms with Crippen molar-refractivity contribution in [2.45, 2.75) is 387 Å². The molecule has 0 heterocycles. The smallest absolute Gasteiger partial charge is 0.0349 e. The molecule has 6 aliphatic rings. The highest BCUT2D eigenvalue weighted by Crippen LogP contribution is 2.42. The third kappa shape index (κ3) is 54.1. The molecule has 0 aliphatic heterocycles. The van der Waals surface area contributed by atoms with Crippen molar-refractivity contribution < 1.29 is 0 Å². The molecule has 0 aromatic rings. The maximum absolute atomic E-state index is 2.99. The summed E-state index contributed by atoms with van der Waals surface area (Å²) < 4.78 is 0. The van der Waals surface area contributed by atoms with Crippen LogP contribution in [0, 0.1) is 52.8 Å². The summed E-state index contributed by atoms with van der Waals surface area (Å²) in [5.74, 6) is 8.01. The van der Waals surface area contributed by atoms with Gasteiger partial charge in [0.1, 0.15) is 0 Å². The van der Waals surface area contributed by atoms with Crippen LogP contribution in [0.15, 0.2) is 0 Å². The Morgan fingerprint density at radius 2 is 0.383 bits per heavy atom. The van der Waals surface area contributed by atoms with Crippen LogP contribution in [0.3, 0.4) is 0 Å². The normalized spacial score (nSPS) is 27.0. The van der Waals surface area contributed by atoms with Crippen LogP contribution in [0.5, 0.6) is 0 Å². The molecule has 0 nitrogen and oxygen atoms in total. The van der Waals surface area contributed by atoms with Gasteiger partial charge in [0.25, 0.3) is 0 Å². The van der Waals surface area contributed by atoms with E-state index in [-0.39, 0.29) is 0 Å². The van der Waals surface area contributed by atoms with Crippen molar-refractivity contribution in [1.82, 2.24) is 0 Å². The highest BCUT2D eigenvalue weighted by Gasteiger charge is 2.31. The van der Waals surface area contributed by atoms with Gasteiger partial charge in [0, 0.05) is 0 Å². The molecule has 6 rings (SSSR count). The van der Waals surface area contributed by atoms with Crippen LogP contribution in [0.2, 0.25) is 0 Å². The van der Waals surface area contributed by atoms with Crippen molar-refractivity contribution in [3.05, 3.63) is 0 Å². The Morgan fingerprint density at radius 3 is 0.556 bits per heavy atom. The van der Waals surface area contributed by atoms with Crippen molar-refractivity contribution in [2.24, 2.45) is 52.8 Å². The molecule has 486 valence electrons. The zero-order valence-electron chi connectivity index (χ0n) is 56.4. The molecule has 0 amide bonds. The second-order valence-corrected chi connectivity index (χ2v) is 32.4. The Hall–Kier alpha value is 2.58. The zero-order chi connectivity index (χ0) is 59.0. The summed E-state index contributed by atoms with van der Waals surface area (Å²) in [5, 5.41) is 0. The number of rotatable bonds is 6. The quantitative estimate of drug-likeness (QED) is 0.233. The van der Waals surface area contributed by atoms with Crippen LogP contribution >= 0.6 is 55.4 Å². The maximum Gasteiger partial charge on any atom is -0.0349 e. The average molecular weight is 1240 g/mol. The molecule has 0 radical (unpaired) electrons. The topological polar surface area (TPSA) is 0 Å². The fourth-order valence-corrected chi connectivity index (χ4v) is 17.8. The third-order valence-corrected chi connectivity index (χ3v) is 24.8. The maximum atomic E-state index is 2.99. The lowest BCUT2D eigenvalue weighted by Crippen LogP contribution is -2.28. The van der Waals surface area contributed by atoms with Crippen molar-refractivity contribution in [1.29, 1.82) is 0 Å². The van der Waals surface area contributed by atoms with Crippen molar-refractivity contribution in [3.63, 3.8) is 0 Å². The Balaban J connectivity index is 0.000000496. The summed E-state index contributed by atoms with van der Waals surface area (Å²) in [6.07, 6.45) is 91.2. The molecule has 8 unspecified atom stereocenters. The second-order valence-electron chi connectivity index (χ2n) is 29.6. The first-order valence-corrected chi connectivity index (χ1v) is 42.7. The van der Waals surface area contributed by atoms with Crippen molar-refractivity contribution in [2.75, 3.05) is 37.0 Å². The van der Waals surface area contributed by atoms with E-state index in [0.29, 0.717) is 5.41 Å². The zero-order valence-corrected chi connectivity index (χ0v) is 63.4. The Labute approximate surface area is 529 Å². The largest absolute Gasteiger partial charge is 0.137 e. The molecule has 0 N–H and O–H groups in total. The predicted molar refractivity (Wildman–Crippen MR) is 399 cm³/mol. The first kappa shape index (κ1) is 81.6. The minimum absolute atomic E-state index is 0.610. The second kappa shape index (κ2) is 61.4. The summed E-state index contributed by atoms with van der Waals surface area (Å²) in [5.41, 5.74) is 0.610. The fraction of sp³-hybridized carbons (Fsp3) is 1.00. The molecule has 0 aromatic heterocycles. The van der Waals surface area contributed by atoms with Gasteiger partial charge in [0.05, 0.1) is 0 Å². The van der Waals surface area contributed by atoms with E-state index >= 15 is 0 Å². The molecule has 0 bridgehead atoms. The van der Waals surface area contributed by atoms with E-state index in [4.69, 9.17) is 0 Å². The van der Waals surface area contributed by atoms with Gasteiger partial charge in [-0.05, 0) is 122 Å². The summed E-state index contributed by atoms with van der Waals surface area (Å²) >= 11 is 0. The highest BCUT2D eigenvalue weighted by atomic mass is 31.0. The van der Waals surface area contributed by atoms with Gasteiger partial charge in [0.15, 0.2) is 0 Å². The van der Waals surface area contributed by atoms with Gasteiger partial charge >= 0.3 is 0 Å². The highest BCUT2D eigenvalue weighted by molar-refractivity contribution is 7.17. The van der Waals surface area contributed by atoms with Crippen LogP contribution in [-0.4, -0.2) is 37.0 Å². The SMILES string of the molecule is CC1CC(CP)CC(C)(C)C1.CC1CCC(CP)CC1.PCC1CCCCCCC1.PCC1CCCCCCCCCCC1.PCC1CCCCCCCCCCCCCC1.PCC1CCCCCCCCCCCCCCCCC1. The van der Waals surface area contributed by atoms with E-state index in [1.54, 1.807) is 0 Å². The molecule has 0 saturated heterocycles. The number of hydrogen-bond donors (Lipinski definition) is 0. The lowest BCUT2D eigenvalue weighted by atomic mass is 9.68. The van der Waals surface area contributed by atoms with Crippen LogP contribution in [0.4, 0.5) is 0 Å². The molecule has 8 atom stereocenters. The van der Waals surface area contributed by atoms with Crippen LogP contribution in [-0.2, 0) is 0 Å². The van der Waals surface area contributed by atoms with Gasteiger partial charge in [-0.3, -0.25) is 0 Å². The van der Waals surface area contributed by atoms with Gasteiger partial charge in [-0.25, -0.2) is 0 Å². The molecule has 0 spiro atoms. The Morgan fingerprint density at radius 1 is 0.210 bits per heavy atom. The standard InChI is InChI=1S/C19H39P.C16H33P.C13H27P.C10H21P.C9H19P.C8H17P/c20-18-19-16-14-12-10-8-6-4-2-1-3-5-7-9-11-13-15-17-19;17-15-16-13-11-9-7-5-3-1-2-4-6-8-10-12-14-16;14-12-13-10-8-6-4-2-1-3-5-7-9-11-13;1-8-4-9(7-11)6-10(2,3)5-8;10-8-9-6-4-2-1-3-5-7-9;1-7-2-4-8(6-9)5-3-7/h19H,1-18,20H2;16H,1-15,17H2;13H,1-12,14H2;8-9H,4-7,11H2,1-3H3;9H,1-8,10H2;7-8H,2-6,9H2,1H3. The Kier molecular flexibility index (Phi) is 61.9. The van der Waals surface area contributed by atoms with E-state index in [1.807, 2.05) is 0 Å². The van der Waals surface area contributed by atoms with Gasteiger partial charge in [-0.15, -0.1) is 55.4 Å². The van der Waals surface area contributed by atoms with Crippen LogP contribution < -0.4 is 0 Å². The average Bonchev–Trinajstić information content (AvgIpc) is 3.46. The summed E-state index contributed by atoms with van der Waals surface area (Å²) in [4.78, 5) is 0. The molecule has 6 heteroatoms. The summed E-state index contributed by atoms with van der Waals surface area (Å²) in [7, 11) is 17.5. The van der Waals surface area contributed by atoms with E-state index < -0.39 is 0 Å². The third-order valence-electron chi connectivity index (χ3n) is 20.8. The van der Waals surface area contributed by atoms with Gasteiger partial charge < -0.3 is 0 Å². The lowest BCUT2D eigenvalue weighted by molar-refractivity contribution is 0.145. The molecular formula is C75H156P6. The van der Waals surface area contributed by atoms with E-state index in [1.165, 1.54) is 397 Å². The summed E-state index contributed by atoms with van der Waals surface area (Å²) in [6.45, 7) is 9.60. The van der Waals surface area contributed by atoms with Gasteiger partial charge in [0.2, 0.25) is 0 Å². The van der Waals surface area contributed by atoms with Crippen molar-refractivity contribution >= 4 is 55.4 Å². The lowest BCUT2D eigenvalue weighted by Gasteiger charge is -2.38. The molecule has 81 heavy (non-hydrogen) atoms. The molecule has 6 fully saturated rings. The van der Waals surface area contributed by atoms with Crippen LogP contribution in [0.1, 0.15) is 387 Å². The van der Waals surface area contributed by atoms with Gasteiger partial charge in [-0.2, -0.15) is 0 Å². The number of hydrogen-bond acceptors (Lipinski definition) is 0. The summed E-state index contributed by atoms with van der Waals surface area (Å²) in [6, 6.07) is 0. The minimum atomic E-state index is 0.610. The minimum Gasteiger partial charge on any atom is -0.137 e. The van der Waals surface area contributed by atoms with Crippen molar-refractivity contribution in [3.8, 4) is 0 Å².